The predicted molar refractivity (Wildman–Crippen MR) is 84.2 cm³/mol. The maximum absolute atomic E-state index is 12.1. The fourth-order valence-electron chi connectivity index (χ4n) is 2.37. The number of amides is 1. The first-order chi connectivity index (χ1) is 11.1. The van der Waals surface area contributed by atoms with Crippen molar-refractivity contribution in [2.45, 2.75) is 6.54 Å². The highest BCUT2D eigenvalue weighted by atomic mass is 16.5. The van der Waals surface area contributed by atoms with Gasteiger partial charge in [0, 0.05) is 11.8 Å². The fourth-order valence-corrected chi connectivity index (χ4v) is 2.37. The summed E-state index contributed by atoms with van der Waals surface area (Å²) in [6, 6.07) is 11.9. The number of carbonyl (C=O) groups is 1. The van der Waals surface area contributed by atoms with Gasteiger partial charge in [-0.1, -0.05) is 12.1 Å². The molecule has 2 aromatic carbocycles. The van der Waals surface area contributed by atoms with Crippen LogP contribution in [0.2, 0.25) is 0 Å². The second-order valence-corrected chi connectivity index (χ2v) is 4.92. The average molecular weight is 314 g/mol. The lowest BCUT2D eigenvalue weighted by Gasteiger charge is -2.06. The van der Waals surface area contributed by atoms with Crippen LogP contribution in [-0.4, -0.2) is 22.9 Å². The van der Waals surface area contributed by atoms with E-state index in [0.717, 1.165) is 5.56 Å². The molecule has 0 fully saturated rings. The molecule has 0 radical (unpaired) electrons. The van der Waals surface area contributed by atoms with Gasteiger partial charge in [-0.25, -0.2) is 9.59 Å². The van der Waals surface area contributed by atoms with Gasteiger partial charge in [0.1, 0.15) is 5.75 Å². The number of benzene rings is 2. The molecule has 0 aliphatic heterocycles. The SMILES string of the molecule is COc1ccc2oc(=O)n(Cc3cccc(NC(=O)O)c3)c2c1. The number of methoxy groups -OCH3 is 1. The molecule has 1 heterocycles. The Morgan fingerprint density at radius 1 is 1.30 bits per heavy atom. The molecule has 0 saturated heterocycles. The van der Waals surface area contributed by atoms with Gasteiger partial charge in [0.25, 0.3) is 0 Å². The Bertz CT molecular complexity index is 926. The molecule has 0 spiro atoms. The minimum absolute atomic E-state index is 0.258. The van der Waals surface area contributed by atoms with E-state index in [1.54, 1.807) is 49.6 Å². The molecule has 0 atom stereocenters. The van der Waals surface area contributed by atoms with E-state index in [4.69, 9.17) is 14.3 Å². The molecule has 3 rings (SSSR count). The number of nitrogens with zero attached hydrogens (tertiary/aromatic N) is 1. The summed E-state index contributed by atoms with van der Waals surface area (Å²) in [7, 11) is 1.55. The van der Waals surface area contributed by atoms with Gasteiger partial charge in [0.15, 0.2) is 5.58 Å². The van der Waals surface area contributed by atoms with Gasteiger partial charge in [0.2, 0.25) is 0 Å². The third-order valence-electron chi connectivity index (χ3n) is 3.39. The van der Waals surface area contributed by atoms with Crippen LogP contribution >= 0.6 is 0 Å². The predicted octanol–water partition coefficient (Wildman–Crippen LogP) is 2.74. The molecule has 0 bridgehead atoms. The van der Waals surface area contributed by atoms with Crippen LogP contribution in [0.5, 0.6) is 5.75 Å². The van der Waals surface area contributed by atoms with E-state index >= 15 is 0 Å². The number of carboxylic acid groups (broad SMARTS) is 1. The summed E-state index contributed by atoms with van der Waals surface area (Å²) in [5.41, 5.74) is 2.29. The molecule has 118 valence electrons. The lowest BCUT2D eigenvalue weighted by molar-refractivity contribution is 0.209. The monoisotopic (exact) mass is 314 g/mol. The topological polar surface area (TPSA) is 93.7 Å². The van der Waals surface area contributed by atoms with Crippen LogP contribution in [0.25, 0.3) is 11.1 Å². The molecule has 2 N–H and O–H groups in total. The molecule has 0 unspecified atom stereocenters. The molecule has 1 aromatic heterocycles. The quantitative estimate of drug-likeness (QED) is 0.772. The Kier molecular flexibility index (Phi) is 3.76. The zero-order chi connectivity index (χ0) is 16.4. The number of hydrogen-bond acceptors (Lipinski definition) is 4. The number of aromatic nitrogens is 1. The number of anilines is 1. The highest BCUT2D eigenvalue weighted by Gasteiger charge is 2.11. The molecule has 1 amide bonds. The van der Waals surface area contributed by atoms with Gasteiger partial charge in [0.05, 0.1) is 19.2 Å². The zero-order valence-corrected chi connectivity index (χ0v) is 12.3. The molecule has 7 nitrogen and oxygen atoms in total. The number of nitrogens with one attached hydrogen (secondary N) is 1. The first-order valence-electron chi connectivity index (χ1n) is 6.83. The zero-order valence-electron chi connectivity index (χ0n) is 12.3. The van der Waals surface area contributed by atoms with Crippen molar-refractivity contribution >= 4 is 22.9 Å². The van der Waals surface area contributed by atoms with Crippen molar-refractivity contribution in [2.75, 3.05) is 12.4 Å². The summed E-state index contributed by atoms with van der Waals surface area (Å²) in [5.74, 6) is 0.137. The Hall–Kier alpha value is -3.22. The summed E-state index contributed by atoms with van der Waals surface area (Å²) < 4.78 is 11.8. The fraction of sp³-hybridized carbons (Fsp3) is 0.125. The van der Waals surface area contributed by atoms with Crippen LogP contribution in [0, 0.1) is 0 Å². The minimum atomic E-state index is -1.14. The van der Waals surface area contributed by atoms with E-state index in [1.165, 1.54) is 4.57 Å². The van der Waals surface area contributed by atoms with Crippen LogP contribution in [0.1, 0.15) is 5.56 Å². The minimum Gasteiger partial charge on any atom is -0.497 e. The van der Waals surface area contributed by atoms with Crippen molar-refractivity contribution in [3.63, 3.8) is 0 Å². The van der Waals surface area contributed by atoms with Crippen molar-refractivity contribution in [3.8, 4) is 5.75 Å². The number of ether oxygens (including phenoxy) is 1. The summed E-state index contributed by atoms with van der Waals surface area (Å²) in [5, 5.41) is 11.0. The second-order valence-electron chi connectivity index (χ2n) is 4.92. The number of rotatable bonds is 4. The van der Waals surface area contributed by atoms with E-state index in [-0.39, 0.29) is 6.54 Å². The number of fused-ring (bicyclic) bond motifs is 1. The lowest BCUT2D eigenvalue weighted by Crippen LogP contribution is -2.15. The van der Waals surface area contributed by atoms with E-state index in [9.17, 15) is 9.59 Å². The van der Waals surface area contributed by atoms with Crippen LogP contribution in [0.3, 0.4) is 0 Å². The van der Waals surface area contributed by atoms with Gasteiger partial charge in [-0.3, -0.25) is 9.88 Å². The van der Waals surface area contributed by atoms with Gasteiger partial charge < -0.3 is 14.3 Å². The van der Waals surface area contributed by atoms with Crippen LogP contribution < -0.4 is 15.8 Å². The molecular formula is C16H14N2O5. The third-order valence-corrected chi connectivity index (χ3v) is 3.39. The van der Waals surface area contributed by atoms with E-state index in [2.05, 4.69) is 5.32 Å². The first-order valence-corrected chi connectivity index (χ1v) is 6.83. The van der Waals surface area contributed by atoms with Gasteiger partial charge in [-0.05, 0) is 29.8 Å². The van der Waals surface area contributed by atoms with Crippen molar-refractivity contribution in [3.05, 3.63) is 58.6 Å². The highest BCUT2D eigenvalue weighted by Crippen LogP contribution is 2.21. The van der Waals surface area contributed by atoms with E-state index in [0.29, 0.717) is 22.5 Å². The average Bonchev–Trinajstić information content (AvgIpc) is 2.82. The van der Waals surface area contributed by atoms with E-state index < -0.39 is 11.8 Å². The Morgan fingerprint density at radius 3 is 2.87 bits per heavy atom. The highest BCUT2D eigenvalue weighted by molar-refractivity contribution is 5.82. The number of hydrogen-bond donors (Lipinski definition) is 2. The molecule has 0 aliphatic rings. The van der Waals surface area contributed by atoms with Crippen molar-refractivity contribution in [1.82, 2.24) is 4.57 Å². The molecule has 23 heavy (non-hydrogen) atoms. The number of oxazole rings is 1. The Labute approximate surface area is 130 Å². The van der Waals surface area contributed by atoms with Crippen molar-refractivity contribution in [2.24, 2.45) is 0 Å². The van der Waals surface area contributed by atoms with Crippen LogP contribution in [-0.2, 0) is 6.54 Å². The lowest BCUT2D eigenvalue weighted by atomic mass is 10.2. The second kappa shape index (κ2) is 5.88. The Morgan fingerprint density at radius 2 is 2.13 bits per heavy atom. The standard InChI is InChI=1S/C16H14N2O5/c1-22-12-5-6-14-13(8-12)18(16(21)23-14)9-10-3-2-4-11(7-10)17-15(19)20/h2-8,17H,9H2,1H3,(H,19,20). The molecule has 7 heteroatoms. The smallest absolute Gasteiger partial charge is 0.420 e. The largest absolute Gasteiger partial charge is 0.497 e. The van der Waals surface area contributed by atoms with Gasteiger partial charge >= 0.3 is 11.8 Å². The summed E-state index contributed by atoms with van der Waals surface area (Å²) >= 11 is 0. The molecular weight excluding hydrogens is 300 g/mol. The third kappa shape index (κ3) is 3.03. The summed E-state index contributed by atoms with van der Waals surface area (Å²) in [6.45, 7) is 0.258. The summed E-state index contributed by atoms with van der Waals surface area (Å²) in [6.07, 6.45) is -1.14. The van der Waals surface area contributed by atoms with Crippen molar-refractivity contribution in [1.29, 1.82) is 0 Å². The molecule has 0 saturated carbocycles. The Balaban J connectivity index is 1.99. The van der Waals surface area contributed by atoms with Crippen LogP contribution in [0.4, 0.5) is 10.5 Å². The van der Waals surface area contributed by atoms with Crippen molar-refractivity contribution < 1.29 is 19.1 Å². The first kappa shape index (κ1) is 14.7. The normalized spacial score (nSPS) is 10.7. The summed E-state index contributed by atoms with van der Waals surface area (Å²) in [4.78, 5) is 22.8. The maximum Gasteiger partial charge on any atom is 0.420 e. The molecule has 3 aromatic rings. The molecule has 0 aliphatic carbocycles. The van der Waals surface area contributed by atoms with Crippen LogP contribution in [0.15, 0.2) is 51.7 Å². The van der Waals surface area contributed by atoms with E-state index in [1.807, 2.05) is 0 Å². The van der Waals surface area contributed by atoms with Gasteiger partial charge in [-0.15, -0.1) is 0 Å². The van der Waals surface area contributed by atoms with Gasteiger partial charge in [-0.2, -0.15) is 0 Å². The maximum atomic E-state index is 12.1.